The summed E-state index contributed by atoms with van der Waals surface area (Å²) in [5.41, 5.74) is 1.14. The molecule has 3 rings (SSSR count). The first kappa shape index (κ1) is 14.4. The minimum atomic E-state index is -0.496. The Bertz CT molecular complexity index is 616. The van der Waals surface area contributed by atoms with E-state index in [4.69, 9.17) is 16.3 Å². The van der Waals surface area contributed by atoms with E-state index in [1.54, 1.807) is 17.1 Å². The van der Waals surface area contributed by atoms with E-state index in [0.717, 1.165) is 17.1 Å². The van der Waals surface area contributed by atoms with Gasteiger partial charge in [0.1, 0.15) is 12.2 Å². The van der Waals surface area contributed by atoms with Gasteiger partial charge in [-0.15, -0.1) is 0 Å². The van der Waals surface area contributed by atoms with E-state index >= 15 is 0 Å². The lowest BCUT2D eigenvalue weighted by Crippen LogP contribution is -2.29. The van der Waals surface area contributed by atoms with Crippen molar-refractivity contribution in [2.45, 2.75) is 18.8 Å². The Hall–Kier alpha value is -1.56. The van der Waals surface area contributed by atoms with Gasteiger partial charge in [0.2, 0.25) is 0 Å². The largest absolute Gasteiger partial charge is 0.483 e. The van der Waals surface area contributed by atoms with Crippen molar-refractivity contribution in [1.82, 2.24) is 14.7 Å². The third-order valence-corrected chi connectivity index (χ3v) is 3.81. The average Bonchev–Trinajstić information content (AvgIpc) is 2.97. The van der Waals surface area contributed by atoms with Gasteiger partial charge < -0.3 is 9.84 Å². The van der Waals surface area contributed by atoms with E-state index in [9.17, 15) is 5.11 Å². The number of likely N-dealkylation sites (tertiary alicyclic amines) is 1. The normalized spacial score (nSPS) is 22.6. The summed E-state index contributed by atoms with van der Waals surface area (Å²) in [5.74, 6) is 0.686. The number of aliphatic hydroxyl groups is 1. The number of aromatic nitrogens is 2. The van der Waals surface area contributed by atoms with Crippen LogP contribution in [0.25, 0.3) is 0 Å². The molecule has 1 saturated heterocycles. The Morgan fingerprint density at radius 1 is 1.43 bits per heavy atom. The zero-order valence-electron chi connectivity index (χ0n) is 11.8. The van der Waals surface area contributed by atoms with E-state index in [1.807, 2.05) is 31.3 Å². The van der Waals surface area contributed by atoms with Crippen molar-refractivity contribution in [3.63, 3.8) is 0 Å². The molecule has 1 N–H and O–H groups in total. The van der Waals surface area contributed by atoms with Crippen molar-refractivity contribution < 1.29 is 9.84 Å². The highest BCUT2D eigenvalue weighted by Crippen LogP contribution is 2.20. The van der Waals surface area contributed by atoms with Crippen LogP contribution in [0, 0.1) is 0 Å². The van der Waals surface area contributed by atoms with E-state index in [2.05, 4.69) is 10.00 Å². The number of aliphatic hydroxyl groups excluding tert-OH is 1. The van der Waals surface area contributed by atoms with E-state index in [1.165, 1.54) is 0 Å². The Balaban J connectivity index is 1.60. The molecule has 1 aromatic carbocycles. The minimum absolute atomic E-state index is 0.228. The zero-order valence-corrected chi connectivity index (χ0v) is 12.6. The highest BCUT2D eigenvalue weighted by molar-refractivity contribution is 6.30. The fourth-order valence-electron chi connectivity index (χ4n) is 2.61. The Kier molecular flexibility index (Phi) is 4.14. The molecule has 1 aliphatic heterocycles. The maximum atomic E-state index is 10.1. The predicted octanol–water partition coefficient (Wildman–Crippen LogP) is 1.70. The molecular formula is C15H18ClN3O2. The summed E-state index contributed by atoms with van der Waals surface area (Å²) in [6.45, 7) is 2.03. The zero-order chi connectivity index (χ0) is 14.8. The van der Waals surface area contributed by atoms with Crippen molar-refractivity contribution in [3.8, 4) is 5.75 Å². The van der Waals surface area contributed by atoms with Crippen LogP contribution in [0.3, 0.4) is 0 Å². The second-order valence-corrected chi connectivity index (χ2v) is 5.83. The Morgan fingerprint density at radius 3 is 3.00 bits per heavy atom. The van der Waals surface area contributed by atoms with Gasteiger partial charge in [0, 0.05) is 31.7 Å². The summed E-state index contributed by atoms with van der Waals surface area (Å²) < 4.78 is 7.48. The molecule has 2 aromatic rings. The fourth-order valence-corrected chi connectivity index (χ4v) is 2.82. The van der Waals surface area contributed by atoms with Crippen LogP contribution in [0.1, 0.15) is 5.56 Å². The number of ether oxygens (including phenoxy) is 1. The Labute approximate surface area is 128 Å². The molecule has 0 amide bonds. The van der Waals surface area contributed by atoms with Crippen molar-refractivity contribution in [2.75, 3.05) is 13.1 Å². The standard InChI is InChI=1S/C15H18ClN3O2/c1-18-8-13(6-17-18)21-15-10-19(9-14(15)20)7-11-3-2-4-12(16)5-11/h2-6,8,14-15,20H,7,9-10H2,1H3/t14-,15-/m1/s1. The van der Waals surface area contributed by atoms with Gasteiger partial charge in [-0.05, 0) is 17.7 Å². The second kappa shape index (κ2) is 6.05. The molecule has 5 nitrogen and oxygen atoms in total. The highest BCUT2D eigenvalue weighted by Gasteiger charge is 2.33. The number of β-amino-alcohol motifs (C(OH)–C–C–N with tert-alkyl or cyclic N) is 1. The number of aryl methyl sites for hydroxylation is 1. The second-order valence-electron chi connectivity index (χ2n) is 5.40. The lowest BCUT2D eigenvalue weighted by atomic mass is 10.2. The average molecular weight is 308 g/mol. The molecule has 2 heterocycles. The van der Waals surface area contributed by atoms with Gasteiger partial charge in [-0.25, -0.2) is 0 Å². The first-order valence-electron chi connectivity index (χ1n) is 6.90. The summed E-state index contributed by atoms with van der Waals surface area (Å²) >= 11 is 6.00. The molecule has 6 heteroatoms. The lowest BCUT2D eigenvalue weighted by molar-refractivity contribution is 0.0736. The van der Waals surface area contributed by atoms with E-state index < -0.39 is 6.10 Å². The van der Waals surface area contributed by atoms with E-state index in [-0.39, 0.29) is 6.10 Å². The molecule has 1 fully saturated rings. The molecule has 21 heavy (non-hydrogen) atoms. The number of halogens is 1. The molecule has 1 aliphatic rings. The predicted molar refractivity (Wildman–Crippen MR) is 80.4 cm³/mol. The molecule has 0 radical (unpaired) electrons. The molecule has 0 unspecified atom stereocenters. The summed E-state index contributed by atoms with van der Waals surface area (Å²) in [6.07, 6.45) is 2.73. The van der Waals surface area contributed by atoms with Crippen molar-refractivity contribution in [1.29, 1.82) is 0 Å². The van der Waals surface area contributed by atoms with Gasteiger partial charge in [-0.3, -0.25) is 9.58 Å². The maximum absolute atomic E-state index is 10.1. The smallest absolute Gasteiger partial charge is 0.157 e. The Morgan fingerprint density at radius 2 is 2.29 bits per heavy atom. The molecule has 0 saturated carbocycles. The third-order valence-electron chi connectivity index (χ3n) is 3.58. The molecule has 0 bridgehead atoms. The quantitative estimate of drug-likeness (QED) is 0.934. The molecule has 0 aliphatic carbocycles. The molecular weight excluding hydrogens is 290 g/mol. The summed E-state index contributed by atoms with van der Waals surface area (Å²) in [5, 5.41) is 14.9. The minimum Gasteiger partial charge on any atom is -0.483 e. The lowest BCUT2D eigenvalue weighted by Gasteiger charge is -2.16. The van der Waals surface area contributed by atoms with Gasteiger partial charge in [0.05, 0.1) is 12.4 Å². The number of hydrogen-bond donors (Lipinski definition) is 1. The van der Waals surface area contributed by atoms with Gasteiger partial charge in [-0.1, -0.05) is 23.7 Å². The topological polar surface area (TPSA) is 50.5 Å². The van der Waals surface area contributed by atoms with Crippen LogP contribution in [0.4, 0.5) is 0 Å². The third kappa shape index (κ3) is 3.56. The fraction of sp³-hybridized carbons (Fsp3) is 0.400. The van der Waals surface area contributed by atoms with Crippen LogP contribution in [0.5, 0.6) is 5.75 Å². The van der Waals surface area contributed by atoms with Crippen LogP contribution in [-0.4, -0.2) is 45.1 Å². The van der Waals surface area contributed by atoms with Gasteiger partial charge in [0.25, 0.3) is 0 Å². The van der Waals surface area contributed by atoms with Crippen molar-refractivity contribution in [3.05, 3.63) is 47.2 Å². The highest BCUT2D eigenvalue weighted by atomic mass is 35.5. The van der Waals surface area contributed by atoms with Gasteiger partial charge in [-0.2, -0.15) is 5.10 Å². The number of hydrogen-bond acceptors (Lipinski definition) is 4. The van der Waals surface area contributed by atoms with E-state index in [0.29, 0.717) is 18.8 Å². The van der Waals surface area contributed by atoms with Crippen LogP contribution >= 0.6 is 11.6 Å². The summed E-state index contributed by atoms with van der Waals surface area (Å²) in [6, 6.07) is 7.78. The summed E-state index contributed by atoms with van der Waals surface area (Å²) in [7, 11) is 1.84. The number of nitrogens with zero attached hydrogens (tertiary/aromatic N) is 3. The number of benzene rings is 1. The number of rotatable bonds is 4. The van der Waals surface area contributed by atoms with Crippen LogP contribution in [-0.2, 0) is 13.6 Å². The first-order valence-corrected chi connectivity index (χ1v) is 7.28. The first-order chi connectivity index (χ1) is 10.1. The van der Waals surface area contributed by atoms with Crippen LogP contribution in [0.2, 0.25) is 5.02 Å². The van der Waals surface area contributed by atoms with Crippen LogP contribution in [0.15, 0.2) is 36.7 Å². The monoisotopic (exact) mass is 307 g/mol. The van der Waals surface area contributed by atoms with Gasteiger partial charge in [0.15, 0.2) is 5.75 Å². The summed E-state index contributed by atoms with van der Waals surface area (Å²) in [4.78, 5) is 2.16. The molecule has 0 spiro atoms. The molecule has 112 valence electrons. The molecule has 2 atom stereocenters. The van der Waals surface area contributed by atoms with Crippen LogP contribution < -0.4 is 4.74 Å². The maximum Gasteiger partial charge on any atom is 0.157 e. The molecule has 1 aromatic heterocycles. The SMILES string of the molecule is Cn1cc(O[C@@H]2CN(Cc3cccc(Cl)c3)C[C@H]2O)cn1. The van der Waals surface area contributed by atoms with Crippen molar-refractivity contribution in [2.24, 2.45) is 7.05 Å². The van der Waals surface area contributed by atoms with Gasteiger partial charge >= 0.3 is 0 Å². The van der Waals surface area contributed by atoms with Crippen molar-refractivity contribution >= 4 is 11.6 Å².